The van der Waals surface area contributed by atoms with Crippen molar-refractivity contribution in [2.45, 2.75) is 12.8 Å². The minimum Gasteiger partial charge on any atom is -0.313 e. The summed E-state index contributed by atoms with van der Waals surface area (Å²) >= 11 is 0. The largest absolute Gasteiger partial charge is 0.313 e. The van der Waals surface area contributed by atoms with Gasteiger partial charge in [0.1, 0.15) is 0 Å². The lowest BCUT2D eigenvalue weighted by molar-refractivity contribution is 0.637. The summed E-state index contributed by atoms with van der Waals surface area (Å²) in [5.74, 6) is 5.11. The predicted molar refractivity (Wildman–Crippen MR) is 87.5 cm³/mol. The average Bonchev–Trinajstić information content (AvgIpc) is 2.47. The molecule has 0 aromatic rings. The highest BCUT2D eigenvalue weighted by Crippen LogP contribution is 1.76. The van der Waals surface area contributed by atoms with E-state index in [2.05, 4.69) is 45.3 Å². The van der Waals surface area contributed by atoms with Crippen LogP contribution in [-0.2, 0) is 0 Å². The van der Waals surface area contributed by atoms with Gasteiger partial charge in [-0.05, 0) is 39.0 Å². The molecule has 0 spiro atoms. The molecule has 4 N–H and O–H groups in total. The van der Waals surface area contributed by atoms with Crippen LogP contribution >= 0.6 is 0 Å². The molecule has 0 aliphatic rings. The lowest BCUT2D eigenvalue weighted by atomic mass is 10.4. The third-order valence-electron chi connectivity index (χ3n) is 2.56. The second kappa shape index (κ2) is 17.7. The summed E-state index contributed by atoms with van der Waals surface area (Å²) in [5, 5.41) is 13.0. The summed E-state index contributed by atoms with van der Waals surface area (Å²) in [7, 11) is 0. The molecule has 0 amide bonds. The van der Waals surface area contributed by atoms with Gasteiger partial charge in [0.05, 0.1) is 13.1 Å². The van der Waals surface area contributed by atoms with Crippen LogP contribution in [0.3, 0.4) is 0 Å². The van der Waals surface area contributed by atoms with Crippen molar-refractivity contribution in [2.75, 3.05) is 52.4 Å². The van der Waals surface area contributed by atoms with Crippen molar-refractivity contribution in [1.82, 2.24) is 21.3 Å². The Morgan fingerprint density at radius 2 is 1.05 bits per heavy atom. The van der Waals surface area contributed by atoms with Gasteiger partial charge in [0.15, 0.2) is 0 Å². The number of nitrogens with one attached hydrogen (secondary N) is 4. The van der Waals surface area contributed by atoms with Crippen molar-refractivity contribution in [3.8, 4) is 24.7 Å². The Labute approximate surface area is 124 Å². The summed E-state index contributed by atoms with van der Waals surface area (Å²) in [4.78, 5) is 0. The zero-order valence-electron chi connectivity index (χ0n) is 12.4. The molecule has 0 aromatic heterocycles. The summed E-state index contributed by atoms with van der Waals surface area (Å²) in [6, 6.07) is 0. The molecular weight excluding hydrogens is 248 g/mol. The molecule has 0 rings (SSSR count). The van der Waals surface area contributed by atoms with Crippen LogP contribution in [0.4, 0.5) is 0 Å². The summed E-state index contributed by atoms with van der Waals surface area (Å²) < 4.78 is 0. The summed E-state index contributed by atoms with van der Waals surface area (Å²) in [6.07, 6.45) is 16.8. The van der Waals surface area contributed by atoms with Crippen LogP contribution in [0.25, 0.3) is 0 Å². The maximum absolute atomic E-state index is 5.13. The van der Waals surface area contributed by atoms with Crippen LogP contribution in [0, 0.1) is 24.7 Å². The van der Waals surface area contributed by atoms with Gasteiger partial charge in [-0.25, -0.2) is 0 Å². The molecule has 0 saturated carbocycles. The van der Waals surface area contributed by atoms with E-state index in [1.807, 2.05) is 0 Å². The maximum atomic E-state index is 5.13. The van der Waals surface area contributed by atoms with Gasteiger partial charge in [-0.3, -0.25) is 0 Å². The van der Waals surface area contributed by atoms with Crippen LogP contribution in [0.15, 0.2) is 12.2 Å². The van der Waals surface area contributed by atoms with E-state index in [4.69, 9.17) is 12.8 Å². The molecule has 0 bridgehead atoms. The first kappa shape index (κ1) is 18.7. The Morgan fingerprint density at radius 3 is 1.45 bits per heavy atom. The molecule has 0 aliphatic carbocycles. The van der Waals surface area contributed by atoms with Gasteiger partial charge >= 0.3 is 0 Å². The van der Waals surface area contributed by atoms with E-state index in [0.29, 0.717) is 13.1 Å². The molecule has 112 valence electrons. The summed E-state index contributed by atoms with van der Waals surface area (Å²) in [6.45, 7) is 7.10. The fraction of sp³-hybridized carbons (Fsp3) is 0.625. The number of rotatable bonds is 14. The number of hydrogen-bond acceptors (Lipinski definition) is 4. The van der Waals surface area contributed by atoms with Gasteiger partial charge in [0.25, 0.3) is 0 Å². The Morgan fingerprint density at radius 1 is 0.650 bits per heavy atom. The quantitative estimate of drug-likeness (QED) is 0.204. The Balaban J connectivity index is 3.06. The van der Waals surface area contributed by atoms with Crippen molar-refractivity contribution >= 4 is 0 Å². The number of hydrogen-bond donors (Lipinski definition) is 4. The Bertz CT molecular complexity index is 269. The Kier molecular flexibility index (Phi) is 16.5. The molecule has 0 unspecified atom stereocenters. The zero-order chi connectivity index (χ0) is 14.7. The van der Waals surface area contributed by atoms with E-state index in [9.17, 15) is 0 Å². The first-order valence-corrected chi connectivity index (χ1v) is 7.26. The van der Waals surface area contributed by atoms with Crippen molar-refractivity contribution < 1.29 is 0 Å². The van der Waals surface area contributed by atoms with E-state index in [0.717, 1.165) is 52.1 Å². The standard InChI is InChI=1S/C16H28N4/c1-3-9-17-13-7-15-19-11-5-6-12-20-16-8-14-18-10-4-2/h1-2,5-6,17-20H,7-16H2. The molecule has 0 aliphatic heterocycles. The SMILES string of the molecule is C#CCNCCCNCC=CCNCCCNCC#C. The normalized spacial score (nSPS) is 10.5. The van der Waals surface area contributed by atoms with Crippen LogP contribution in [0.5, 0.6) is 0 Å². The fourth-order valence-electron chi connectivity index (χ4n) is 1.54. The molecule has 20 heavy (non-hydrogen) atoms. The molecule has 0 fully saturated rings. The molecule has 0 saturated heterocycles. The van der Waals surface area contributed by atoms with E-state index < -0.39 is 0 Å². The predicted octanol–water partition coefficient (Wildman–Crippen LogP) is -0.0524. The Hall–Kier alpha value is -1.30. The van der Waals surface area contributed by atoms with Gasteiger partial charge in [-0.15, -0.1) is 12.8 Å². The van der Waals surface area contributed by atoms with Gasteiger partial charge in [-0.1, -0.05) is 24.0 Å². The molecule has 0 heterocycles. The lowest BCUT2D eigenvalue weighted by Crippen LogP contribution is -2.23. The van der Waals surface area contributed by atoms with Gasteiger partial charge in [-0.2, -0.15) is 0 Å². The zero-order valence-corrected chi connectivity index (χ0v) is 12.4. The third-order valence-corrected chi connectivity index (χ3v) is 2.56. The maximum Gasteiger partial charge on any atom is 0.0573 e. The number of terminal acetylenes is 2. The minimum absolute atomic E-state index is 0.657. The highest BCUT2D eigenvalue weighted by atomic mass is 14.9. The van der Waals surface area contributed by atoms with Crippen LogP contribution < -0.4 is 21.3 Å². The second-order valence-electron chi connectivity index (χ2n) is 4.35. The van der Waals surface area contributed by atoms with E-state index in [1.54, 1.807) is 0 Å². The molecule has 0 radical (unpaired) electrons. The topological polar surface area (TPSA) is 48.1 Å². The average molecular weight is 276 g/mol. The van der Waals surface area contributed by atoms with Crippen molar-refractivity contribution in [3.63, 3.8) is 0 Å². The molecule has 4 nitrogen and oxygen atoms in total. The van der Waals surface area contributed by atoms with Gasteiger partial charge < -0.3 is 21.3 Å². The monoisotopic (exact) mass is 276 g/mol. The first-order chi connectivity index (χ1) is 9.91. The van der Waals surface area contributed by atoms with E-state index in [-0.39, 0.29) is 0 Å². The molecular formula is C16H28N4. The van der Waals surface area contributed by atoms with E-state index >= 15 is 0 Å². The third kappa shape index (κ3) is 16.7. The smallest absolute Gasteiger partial charge is 0.0573 e. The van der Waals surface area contributed by atoms with Crippen LogP contribution in [0.1, 0.15) is 12.8 Å². The molecule has 4 heteroatoms. The highest BCUT2D eigenvalue weighted by Gasteiger charge is 1.87. The minimum atomic E-state index is 0.657. The molecule has 0 atom stereocenters. The summed E-state index contributed by atoms with van der Waals surface area (Å²) in [5.41, 5.74) is 0. The second-order valence-corrected chi connectivity index (χ2v) is 4.35. The fourth-order valence-corrected chi connectivity index (χ4v) is 1.54. The van der Waals surface area contributed by atoms with Gasteiger partial charge in [0.2, 0.25) is 0 Å². The highest BCUT2D eigenvalue weighted by molar-refractivity contribution is 4.87. The molecule has 0 aromatic carbocycles. The van der Waals surface area contributed by atoms with Gasteiger partial charge in [0, 0.05) is 13.1 Å². The van der Waals surface area contributed by atoms with Crippen molar-refractivity contribution in [2.24, 2.45) is 0 Å². The van der Waals surface area contributed by atoms with Crippen molar-refractivity contribution in [1.29, 1.82) is 0 Å². The van der Waals surface area contributed by atoms with E-state index in [1.165, 1.54) is 0 Å². The van der Waals surface area contributed by atoms with Crippen LogP contribution in [-0.4, -0.2) is 52.4 Å². The first-order valence-electron chi connectivity index (χ1n) is 7.26. The van der Waals surface area contributed by atoms with Crippen molar-refractivity contribution in [3.05, 3.63) is 12.2 Å². The lowest BCUT2D eigenvalue weighted by Gasteiger charge is -2.03. The van der Waals surface area contributed by atoms with Crippen LogP contribution in [0.2, 0.25) is 0 Å².